The Labute approximate surface area is 245 Å². The standard InChI is InChI=1S/C32H32Cl2N2O4/c1-20-27(31(37)39-4)29(24-16-11-17-25(33)30(24)34)28(21(2)35-20)32(38)40-26(23-14-9-6-10-15-23)19-36(3)18-22-12-7-5-8-13-22/h5-17,26-27,29H,18-19H2,1-4H3. The van der Waals surface area contributed by atoms with Gasteiger partial charge in [0, 0.05) is 30.4 Å². The molecule has 3 aromatic rings. The highest BCUT2D eigenvalue weighted by atomic mass is 35.5. The van der Waals surface area contributed by atoms with Crippen LogP contribution in [0.15, 0.2) is 95.1 Å². The van der Waals surface area contributed by atoms with Gasteiger partial charge in [-0.1, -0.05) is 96.0 Å². The second kappa shape index (κ2) is 13.3. The molecule has 1 aliphatic rings. The molecule has 0 N–H and O–H groups in total. The van der Waals surface area contributed by atoms with Gasteiger partial charge in [0.2, 0.25) is 0 Å². The van der Waals surface area contributed by atoms with Crippen LogP contribution in [0.3, 0.4) is 0 Å². The van der Waals surface area contributed by atoms with Crippen LogP contribution in [0.1, 0.15) is 42.6 Å². The molecule has 8 heteroatoms. The molecule has 1 aliphatic heterocycles. The summed E-state index contributed by atoms with van der Waals surface area (Å²) in [5.74, 6) is -2.77. The van der Waals surface area contributed by atoms with Gasteiger partial charge in [0.05, 0.1) is 22.7 Å². The molecule has 0 spiro atoms. The van der Waals surface area contributed by atoms with Crippen LogP contribution in [0.5, 0.6) is 0 Å². The third-order valence-corrected chi connectivity index (χ3v) is 7.85. The number of allylic oxidation sites excluding steroid dienone is 1. The van der Waals surface area contributed by atoms with E-state index in [9.17, 15) is 9.59 Å². The second-order valence-electron chi connectivity index (χ2n) is 9.86. The van der Waals surface area contributed by atoms with Crippen LogP contribution in [0.4, 0.5) is 0 Å². The van der Waals surface area contributed by atoms with E-state index in [1.165, 1.54) is 7.11 Å². The molecule has 0 bridgehead atoms. The molecule has 0 aliphatic carbocycles. The zero-order chi connectivity index (χ0) is 28.8. The maximum atomic E-state index is 14.1. The van der Waals surface area contributed by atoms with Gasteiger partial charge in [0.15, 0.2) is 0 Å². The van der Waals surface area contributed by atoms with Crippen LogP contribution >= 0.6 is 23.2 Å². The van der Waals surface area contributed by atoms with E-state index >= 15 is 0 Å². The lowest BCUT2D eigenvalue weighted by Crippen LogP contribution is -2.37. The topological polar surface area (TPSA) is 68.2 Å². The van der Waals surface area contributed by atoms with Gasteiger partial charge in [-0.05, 0) is 43.7 Å². The van der Waals surface area contributed by atoms with E-state index in [4.69, 9.17) is 32.7 Å². The van der Waals surface area contributed by atoms with Crippen LogP contribution in [-0.4, -0.2) is 43.3 Å². The van der Waals surface area contributed by atoms with Crippen LogP contribution < -0.4 is 0 Å². The van der Waals surface area contributed by atoms with Gasteiger partial charge < -0.3 is 9.47 Å². The molecule has 3 aromatic carbocycles. The Morgan fingerprint density at radius 2 is 1.60 bits per heavy atom. The summed E-state index contributed by atoms with van der Waals surface area (Å²) in [6.45, 7) is 4.60. The number of aliphatic imine (C=N–C) groups is 1. The fraction of sp³-hybridized carbons (Fsp3) is 0.281. The van der Waals surface area contributed by atoms with Crippen molar-refractivity contribution in [1.82, 2.24) is 4.90 Å². The van der Waals surface area contributed by atoms with Crippen LogP contribution in [0.25, 0.3) is 0 Å². The number of nitrogens with zero attached hydrogens (tertiary/aromatic N) is 2. The summed E-state index contributed by atoms with van der Waals surface area (Å²) in [6.07, 6.45) is -0.582. The van der Waals surface area contributed by atoms with E-state index in [1.807, 2.05) is 55.6 Å². The molecule has 0 fully saturated rings. The first kappa shape index (κ1) is 29.5. The maximum Gasteiger partial charge on any atom is 0.337 e. The van der Waals surface area contributed by atoms with Gasteiger partial charge in [-0.3, -0.25) is 14.7 Å². The highest BCUT2D eigenvalue weighted by Crippen LogP contribution is 2.44. The highest BCUT2D eigenvalue weighted by molar-refractivity contribution is 6.42. The number of likely N-dealkylation sites (N-methyl/N-ethyl adjacent to an activating group) is 1. The number of esters is 2. The number of benzene rings is 3. The lowest BCUT2D eigenvalue weighted by atomic mass is 9.75. The van der Waals surface area contributed by atoms with Gasteiger partial charge in [-0.2, -0.15) is 0 Å². The Bertz CT molecular complexity index is 1420. The number of carbonyl (C=O) groups excluding carboxylic acids is 2. The van der Waals surface area contributed by atoms with Gasteiger partial charge in [0.1, 0.15) is 12.0 Å². The fourth-order valence-electron chi connectivity index (χ4n) is 5.15. The number of methoxy groups -OCH3 is 1. The van der Waals surface area contributed by atoms with Crippen molar-refractivity contribution in [1.29, 1.82) is 0 Å². The summed E-state index contributed by atoms with van der Waals surface area (Å²) in [7, 11) is 3.29. The van der Waals surface area contributed by atoms with Crippen molar-refractivity contribution in [2.75, 3.05) is 20.7 Å². The number of carbonyl (C=O) groups is 2. The van der Waals surface area contributed by atoms with Crippen LogP contribution in [0.2, 0.25) is 10.0 Å². The fourth-order valence-corrected chi connectivity index (χ4v) is 5.57. The van der Waals surface area contributed by atoms with Crippen LogP contribution in [0, 0.1) is 5.92 Å². The predicted octanol–water partition coefficient (Wildman–Crippen LogP) is 7.03. The predicted molar refractivity (Wildman–Crippen MR) is 159 cm³/mol. The Balaban J connectivity index is 1.72. The van der Waals surface area contributed by atoms with Crippen molar-refractivity contribution in [3.05, 3.63) is 117 Å². The lowest BCUT2D eigenvalue weighted by Gasteiger charge is -2.33. The van der Waals surface area contributed by atoms with E-state index in [2.05, 4.69) is 22.0 Å². The molecular formula is C32H32Cl2N2O4. The molecule has 0 aromatic heterocycles. The van der Waals surface area contributed by atoms with Crippen molar-refractivity contribution in [2.24, 2.45) is 10.9 Å². The molecule has 40 heavy (non-hydrogen) atoms. The number of rotatable bonds is 9. The molecule has 0 saturated heterocycles. The third kappa shape index (κ3) is 6.64. The van der Waals surface area contributed by atoms with Gasteiger partial charge in [0.25, 0.3) is 0 Å². The van der Waals surface area contributed by atoms with Crippen molar-refractivity contribution < 1.29 is 19.1 Å². The zero-order valence-electron chi connectivity index (χ0n) is 22.9. The Morgan fingerprint density at radius 3 is 2.25 bits per heavy atom. The molecule has 6 nitrogen and oxygen atoms in total. The van der Waals surface area contributed by atoms with E-state index in [0.29, 0.717) is 35.1 Å². The lowest BCUT2D eigenvalue weighted by molar-refractivity contribution is -0.147. The summed E-state index contributed by atoms with van der Waals surface area (Å²) in [5, 5.41) is 0.580. The summed E-state index contributed by atoms with van der Waals surface area (Å²) in [4.78, 5) is 33.8. The molecule has 208 valence electrons. The molecule has 0 amide bonds. The molecule has 1 heterocycles. The van der Waals surface area contributed by atoms with Crippen molar-refractivity contribution in [3.8, 4) is 0 Å². The van der Waals surface area contributed by atoms with E-state index < -0.39 is 29.9 Å². The minimum absolute atomic E-state index is 0.247. The Kier molecular flexibility index (Phi) is 9.80. The van der Waals surface area contributed by atoms with Gasteiger partial charge >= 0.3 is 11.9 Å². The van der Waals surface area contributed by atoms with E-state index in [-0.39, 0.29) is 10.6 Å². The minimum atomic E-state index is -0.872. The molecule has 0 saturated carbocycles. The van der Waals surface area contributed by atoms with E-state index in [0.717, 1.165) is 11.1 Å². The van der Waals surface area contributed by atoms with Crippen molar-refractivity contribution >= 4 is 40.9 Å². The van der Waals surface area contributed by atoms with Crippen molar-refractivity contribution in [2.45, 2.75) is 32.4 Å². The number of hydrogen-bond acceptors (Lipinski definition) is 6. The first-order valence-corrected chi connectivity index (χ1v) is 13.7. The highest BCUT2D eigenvalue weighted by Gasteiger charge is 2.43. The molecule has 3 unspecified atom stereocenters. The van der Waals surface area contributed by atoms with Gasteiger partial charge in [-0.15, -0.1) is 0 Å². The molecular weight excluding hydrogens is 547 g/mol. The number of hydrogen-bond donors (Lipinski definition) is 0. The number of halogens is 2. The summed E-state index contributed by atoms with van der Waals surface area (Å²) in [5.41, 5.74) is 3.75. The van der Waals surface area contributed by atoms with Crippen LogP contribution in [-0.2, 0) is 25.6 Å². The quantitative estimate of drug-likeness (QED) is 0.255. The average molecular weight is 580 g/mol. The minimum Gasteiger partial charge on any atom is -0.468 e. The average Bonchev–Trinajstić information content (AvgIpc) is 2.94. The molecule has 4 rings (SSSR count). The Morgan fingerprint density at radius 1 is 0.950 bits per heavy atom. The third-order valence-electron chi connectivity index (χ3n) is 7.01. The number of ether oxygens (including phenoxy) is 2. The smallest absolute Gasteiger partial charge is 0.337 e. The summed E-state index contributed by atoms with van der Waals surface area (Å²) in [6, 6.07) is 24.9. The normalized spacial score (nSPS) is 17.8. The monoisotopic (exact) mass is 578 g/mol. The SMILES string of the molecule is COC(=O)C1C(C)=NC(C)=C(C(=O)OC(CN(C)Cc2ccccc2)c2ccccc2)C1c1cccc(Cl)c1Cl. The zero-order valence-corrected chi connectivity index (χ0v) is 24.4. The summed E-state index contributed by atoms with van der Waals surface area (Å²) < 4.78 is 11.4. The first-order chi connectivity index (χ1) is 19.2. The summed E-state index contributed by atoms with van der Waals surface area (Å²) >= 11 is 13.0. The van der Waals surface area contributed by atoms with Crippen molar-refractivity contribution in [3.63, 3.8) is 0 Å². The largest absolute Gasteiger partial charge is 0.468 e. The Hall–Kier alpha value is -3.45. The second-order valence-corrected chi connectivity index (χ2v) is 10.6. The van der Waals surface area contributed by atoms with Gasteiger partial charge in [-0.25, -0.2) is 4.79 Å². The van der Waals surface area contributed by atoms with E-state index in [1.54, 1.807) is 32.0 Å². The molecule has 0 radical (unpaired) electrons. The molecule has 3 atom stereocenters. The maximum absolute atomic E-state index is 14.1. The first-order valence-electron chi connectivity index (χ1n) is 13.0.